The summed E-state index contributed by atoms with van der Waals surface area (Å²) in [6, 6.07) is 2.88. The quantitative estimate of drug-likeness (QED) is 0.775. The predicted molar refractivity (Wildman–Crippen MR) is 58.7 cm³/mol. The molecule has 0 radical (unpaired) electrons. The maximum absolute atomic E-state index is 13.5. The van der Waals surface area contributed by atoms with E-state index in [-0.39, 0.29) is 16.9 Å². The fraction of sp³-hybridized carbons (Fsp3) is 0.0833. The second kappa shape index (κ2) is 4.08. The fourth-order valence-corrected chi connectivity index (χ4v) is 1.49. The Bertz CT molecular complexity index is 582. The van der Waals surface area contributed by atoms with Gasteiger partial charge in [-0.1, -0.05) is 0 Å². The van der Waals surface area contributed by atoms with E-state index in [1.165, 1.54) is 6.20 Å². The predicted octanol–water partition coefficient (Wildman–Crippen LogP) is 3.06. The maximum atomic E-state index is 13.5. The van der Waals surface area contributed by atoms with Gasteiger partial charge in [-0.25, -0.2) is 13.2 Å². The minimum absolute atomic E-state index is 0.112. The van der Waals surface area contributed by atoms with Crippen molar-refractivity contribution in [2.75, 3.05) is 5.73 Å². The van der Waals surface area contributed by atoms with Crippen LogP contribution in [0, 0.1) is 24.4 Å². The Morgan fingerprint density at radius 3 is 2.41 bits per heavy atom. The molecule has 0 atom stereocenters. The molecule has 0 aliphatic heterocycles. The summed E-state index contributed by atoms with van der Waals surface area (Å²) in [4.78, 5) is 3.89. The summed E-state index contributed by atoms with van der Waals surface area (Å²) in [5.74, 6) is -3.27. The molecule has 2 rings (SSSR count). The van der Waals surface area contributed by atoms with Crippen LogP contribution in [0.5, 0.6) is 0 Å². The zero-order valence-corrected chi connectivity index (χ0v) is 8.97. The number of hydrogen-bond donors (Lipinski definition) is 1. The first-order valence-electron chi connectivity index (χ1n) is 4.86. The van der Waals surface area contributed by atoms with E-state index in [0.717, 1.165) is 6.07 Å². The SMILES string of the molecule is Cc1ccnc(-c2cc(F)c(F)cc2F)c1N. The van der Waals surface area contributed by atoms with Gasteiger partial charge >= 0.3 is 0 Å². The third-order valence-electron chi connectivity index (χ3n) is 2.47. The monoisotopic (exact) mass is 238 g/mol. The van der Waals surface area contributed by atoms with Crippen LogP contribution in [0.15, 0.2) is 24.4 Å². The van der Waals surface area contributed by atoms with E-state index in [1.807, 2.05) is 0 Å². The number of pyridine rings is 1. The van der Waals surface area contributed by atoms with Crippen LogP contribution in [0.3, 0.4) is 0 Å². The molecule has 2 N–H and O–H groups in total. The molecule has 0 aliphatic carbocycles. The molecule has 0 unspecified atom stereocenters. The minimum atomic E-state index is -1.24. The fourth-order valence-electron chi connectivity index (χ4n) is 1.49. The normalized spacial score (nSPS) is 10.6. The molecule has 1 aromatic carbocycles. The van der Waals surface area contributed by atoms with Gasteiger partial charge in [-0.3, -0.25) is 4.98 Å². The van der Waals surface area contributed by atoms with Crippen LogP contribution in [0.2, 0.25) is 0 Å². The van der Waals surface area contributed by atoms with Crippen molar-refractivity contribution in [1.29, 1.82) is 0 Å². The third kappa shape index (κ3) is 1.95. The van der Waals surface area contributed by atoms with Gasteiger partial charge in [-0.15, -0.1) is 0 Å². The largest absolute Gasteiger partial charge is 0.397 e. The maximum Gasteiger partial charge on any atom is 0.161 e. The summed E-state index contributed by atoms with van der Waals surface area (Å²) in [5, 5.41) is 0. The average Bonchev–Trinajstić information content (AvgIpc) is 2.28. The first kappa shape index (κ1) is 11.4. The van der Waals surface area contributed by atoms with E-state index >= 15 is 0 Å². The highest BCUT2D eigenvalue weighted by Gasteiger charge is 2.15. The Kier molecular flexibility index (Phi) is 2.75. The van der Waals surface area contributed by atoms with Gasteiger partial charge in [-0.2, -0.15) is 0 Å². The molecule has 0 bridgehead atoms. The summed E-state index contributed by atoms with van der Waals surface area (Å²) >= 11 is 0. The lowest BCUT2D eigenvalue weighted by molar-refractivity contribution is 0.496. The van der Waals surface area contributed by atoms with Crippen molar-refractivity contribution >= 4 is 5.69 Å². The molecule has 0 fully saturated rings. The molecule has 1 aromatic heterocycles. The van der Waals surface area contributed by atoms with E-state index in [0.29, 0.717) is 11.6 Å². The highest BCUT2D eigenvalue weighted by atomic mass is 19.2. The number of nitrogens with two attached hydrogens (primary N) is 1. The van der Waals surface area contributed by atoms with Gasteiger partial charge in [-0.05, 0) is 24.6 Å². The molecular weight excluding hydrogens is 229 g/mol. The van der Waals surface area contributed by atoms with Crippen LogP contribution in [0.25, 0.3) is 11.3 Å². The standard InChI is InChI=1S/C12H9F3N2/c1-6-2-3-17-12(11(6)16)7-4-9(14)10(15)5-8(7)13/h2-5H,16H2,1H3. The lowest BCUT2D eigenvalue weighted by atomic mass is 10.1. The van der Waals surface area contributed by atoms with Crippen molar-refractivity contribution in [2.45, 2.75) is 6.92 Å². The van der Waals surface area contributed by atoms with Gasteiger partial charge in [0.1, 0.15) is 5.82 Å². The molecule has 0 amide bonds. The number of nitrogen functional groups attached to an aromatic ring is 1. The van der Waals surface area contributed by atoms with Crippen molar-refractivity contribution in [3.8, 4) is 11.3 Å². The molecule has 0 aliphatic rings. The highest BCUT2D eigenvalue weighted by molar-refractivity contribution is 5.74. The summed E-state index contributed by atoms with van der Waals surface area (Å²) in [6.07, 6.45) is 1.43. The van der Waals surface area contributed by atoms with Crippen LogP contribution in [-0.2, 0) is 0 Å². The lowest BCUT2D eigenvalue weighted by Crippen LogP contribution is -1.99. The number of nitrogens with zero attached hydrogens (tertiary/aromatic N) is 1. The molecular formula is C12H9F3N2. The summed E-state index contributed by atoms with van der Waals surface area (Å²) in [6.45, 7) is 1.72. The Labute approximate surface area is 95.9 Å². The Hall–Kier alpha value is -2.04. The second-order valence-corrected chi connectivity index (χ2v) is 3.64. The van der Waals surface area contributed by atoms with Crippen molar-refractivity contribution in [3.63, 3.8) is 0 Å². The molecule has 0 spiro atoms. The van der Waals surface area contributed by atoms with Crippen molar-refractivity contribution < 1.29 is 13.2 Å². The molecule has 0 saturated heterocycles. The Balaban J connectivity index is 2.69. The number of benzene rings is 1. The van der Waals surface area contributed by atoms with Gasteiger partial charge in [0.05, 0.1) is 11.4 Å². The highest BCUT2D eigenvalue weighted by Crippen LogP contribution is 2.29. The van der Waals surface area contributed by atoms with Crippen LogP contribution < -0.4 is 5.73 Å². The number of rotatable bonds is 1. The first-order chi connectivity index (χ1) is 8.00. The van der Waals surface area contributed by atoms with Crippen LogP contribution in [-0.4, -0.2) is 4.98 Å². The summed E-state index contributed by atoms with van der Waals surface area (Å²) in [5.41, 5.74) is 6.63. The van der Waals surface area contributed by atoms with Crippen molar-refractivity contribution in [1.82, 2.24) is 4.98 Å². The van der Waals surface area contributed by atoms with E-state index < -0.39 is 17.5 Å². The number of anilines is 1. The van der Waals surface area contributed by atoms with E-state index in [9.17, 15) is 13.2 Å². The third-order valence-corrected chi connectivity index (χ3v) is 2.47. The number of halogens is 3. The summed E-state index contributed by atoms with van der Waals surface area (Å²) in [7, 11) is 0. The van der Waals surface area contributed by atoms with Crippen molar-refractivity contribution in [3.05, 3.63) is 47.4 Å². The number of aromatic nitrogens is 1. The van der Waals surface area contributed by atoms with Crippen LogP contribution in [0.4, 0.5) is 18.9 Å². The smallest absolute Gasteiger partial charge is 0.161 e. The molecule has 5 heteroatoms. The van der Waals surface area contributed by atoms with Gasteiger partial charge in [0.25, 0.3) is 0 Å². The van der Waals surface area contributed by atoms with E-state index in [2.05, 4.69) is 4.98 Å². The zero-order valence-electron chi connectivity index (χ0n) is 8.97. The lowest BCUT2D eigenvalue weighted by Gasteiger charge is -2.08. The molecule has 17 heavy (non-hydrogen) atoms. The van der Waals surface area contributed by atoms with Gasteiger partial charge in [0, 0.05) is 17.8 Å². The average molecular weight is 238 g/mol. The number of aryl methyl sites for hydroxylation is 1. The summed E-state index contributed by atoms with van der Waals surface area (Å²) < 4.78 is 39.4. The molecule has 1 heterocycles. The first-order valence-corrected chi connectivity index (χ1v) is 4.86. The molecule has 88 valence electrons. The van der Waals surface area contributed by atoms with Crippen LogP contribution >= 0.6 is 0 Å². The Morgan fingerprint density at radius 1 is 1.06 bits per heavy atom. The van der Waals surface area contributed by atoms with Gasteiger partial charge < -0.3 is 5.73 Å². The Morgan fingerprint density at radius 2 is 1.71 bits per heavy atom. The molecule has 0 saturated carbocycles. The number of hydrogen-bond acceptors (Lipinski definition) is 2. The topological polar surface area (TPSA) is 38.9 Å². The molecule has 2 aromatic rings. The van der Waals surface area contributed by atoms with Gasteiger partial charge in [0.15, 0.2) is 11.6 Å². The second-order valence-electron chi connectivity index (χ2n) is 3.64. The minimum Gasteiger partial charge on any atom is -0.397 e. The zero-order chi connectivity index (χ0) is 12.6. The van der Waals surface area contributed by atoms with E-state index in [4.69, 9.17) is 5.73 Å². The van der Waals surface area contributed by atoms with Gasteiger partial charge in [0.2, 0.25) is 0 Å². The van der Waals surface area contributed by atoms with Crippen molar-refractivity contribution in [2.24, 2.45) is 0 Å². The van der Waals surface area contributed by atoms with Crippen LogP contribution in [0.1, 0.15) is 5.56 Å². The molecule has 2 nitrogen and oxygen atoms in total. The van der Waals surface area contributed by atoms with E-state index in [1.54, 1.807) is 13.0 Å².